The number of amides is 2. The molecule has 2 aliphatic heterocycles. The van der Waals surface area contributed by atoms with Gasteiger partial charge >= 0.3 is 0 Å². The highest BCUT2D eigenvalue weighted by Crippen LogP contribution is 2.42. The summed E-state index contributed by atoms with van der Waals surface area (Å²) in [7, 11) is 0. The maximum absolute atomic E-state index is 12.5. The molecule has 0 unspecified atom stereocenters. The predicted octanol–water partition coefficient (Wildman–Crippen LogP) is 19.5. The van der Waals surface area contributed by atoms with E-state index in [-0.39, 0.29) is 29.1 Å². The van der Waals surface area contributed by atoms with Crippen LogP contribution in [0.4, 0.5) is 11.4 Å². The molecule has 0 atom stereocenters. The molecule has 2 amide bonds. The lowest BCUT2D eigenvalue weighted by Gasteiger charge is -2.25. The van der Waals surface area contributed by atoms with Crippen molar-refractivity contribution in [3.8, 4) is 56.5 Å². The van der Waals surface area contributed by atoms with Crippen molar-refractivity contribution in [1.82, 2.24) is 19.1 Å². The van der Waals surface area contributed by atoms with Gasteiger partial charge in [0.2, 0.25) is 11.8 Å². The minimum absolute atomic E-state index is 0.0861. The number of halogens is 3. The molecule has 17 heteroatoms. The van der Waals surface area contributed by atoms with Gasteiger partial charge in [0.1, 0.15) is 50.4 Å². The van der Waals surface area contributed by atoms with Crippen LogP contribution in [0.5, 0.6) is 11.5 Å². The minimum atomic E-state index is 0.0861. The number of benzene rings is 6. The van der Waals surface area contributed by atoms with Crippen LogP contribution in [0.2, 0.25) is 10.0 Å². The standard InChI is InChI=1S/C36H34ClN3O3S.C19H20N2O2S.C17H15Cl2NO/c1-23(41)33-21-32-36(44-33)40(28-6-3-2-4-7-28)35(38-32)25-11-16-30(17-12-25)43-22-26-20-29(39-19-5-8-34(39)42)15-18-31(26)24-9-13-27(37)14-10-24;1-12(22)17-11-16-19(24-17)21(14-5-3-2-4-6-14)18(20-16)13-7-9-15(23)10-8-13;18-11-13-10-15(20-9-1-2-17(20)21)7-8-16(13)12-3-5-14(19)6-4-12/h9-18,20-21,28H,2-8,19,22H2,1H3;7-11,14,23H,2-6H2,1H3;3-8,10H,1-2,9,11H2. The van der Waals surface area contributed by atoms with Gasteiger partial charge in [-0.05, 0) is 195 Å². The van der Waals surface area contributed by atoms with Crippen LogP contribution in [0.3, 0.4) is 0 Å². The van der Waals surface area contributed by atoms with Crippen LogP contribution in [-0.2, 0) is 22.1 Å². The first-order valence-corrected chi connectivity index (χ1v) is 33.7. The van der Waals surface area contributed by atoms with Gasteiger partial charge in [-0.15, -0.1) is 34.3 Å². The number of ketones is 2. The fourth-order valence-corrected chi connectivity index (χ4v) is 15.4. The monoisotopic (exact) mass is 1280 g/mol. The molecule has 4 aromatic heterocycles. The maximum atomic E-state index is 12.5. The summed E-state index contributed by atoms with van der Waals surface area (Å²) < 4.78 is 11.1. The van der Waals surface area contributed by atoms with Crippen molar-refractivity contribution in [2.24, 2.45) is 0 Å². The normalized spacial score (nSPS) is 15.6. The van der Waals surface area contributed by atoms with Crippen molar-refractivity contribution in [2.75, 3.05) is 22.9 Å². The van der Waals surface area contributed by atoms with Gasteiger partial charge in [0.05, 0.1) is 9.75 Å². The molecule has 456 valence electrons. The number of nitrogens with zero attached hydrogens (tertiary/aromatic N) is 6. The Bertz CT molecular complexity index is 4200. The zero-order valence-electron chi connectivity index (χ0n) is 49.9. The van der Waals surface area contributed by atoms with Crippen LogP contribution in [-0.4, -0.2) is 60.7 Å². The molecular weight excluding hydrogens is 1220 g/mol. The van der Waals surface area contributed by atoms with E-state index in [2.05, 4.69) is 33.4 Å². The van der Waals surface area contributed by atoms with Gasteiger partial charge in [-0.3, -0.25) is 19.2 Å². The number of phenolic OH excluding ortho intramolecular Hbond substituents is 1. The molecular formula is C72H69Cl3N6O6S2. The zero-order valence-corrected chi connectivity index (χ0v) is 53.8. The number of hydrogen-bond acceptors (Lipinski definition) is 10. The maximum Gasteiger partial charge on any atom is 0.227 e. The Hall–Kier alpha value is -7.59. The SMILES string of the molecule is CC(=O)c1cc2nc(-c3ccc(O)cc3)n(C3CCCCC3)c2s1.CC(=O)c1cc2nc(-c3ccc(OCc4cc(N5CCCC5=O)ccc4-c4ccc(Cl)cc4)cc3)n(C3CCCCC3)c2s1.O=C1CCCN1c1ccc(-c2ccc(Cl)cc2)c(CCl)c1. The quantitative estimate of drug-likeness (QED) is 0.0838. The van der Waals surface area contributed by atoms with Crippen molar-refractivity contribution in [1.29, 1.82) is 0 Å². The van der Waals surface area contributed by atoms with Gasteiger partial charge in [-0.2, -0.15) is 0 Å². The van der Waals surface area contributed by atoms with Gasteiger partial charge in [0.25, 0.3) is 0 Å². The highest BCUT2D eigenvalue weighted by atomic mass is 35.5. The summed E-state index contributed by atoms with van der Waals surface area (Å²) in [4.78, 5) is 65.4. The summed E-state index contributed by atoms with van der Waals surface area (Å²) in [6, 6.07) is 47.7. The third-order valence-electron chi connectivity index (χ3n) is 17.3. The number of aromatic nitrogens is 4. The summed E-state index contributed by atoms with van der Waals surface area (Å²) in [6.45, 7) is 5.12. The van der Waals surface area contributed by atoms with Crippen molar-refractivity contribution >= 4 is 113 Å². The van der Waals surface area contributed by atoms with E-state index in [9.17, 15) is 24.3 Å². The molecule has 1 N–H and O–H groups in total. The number of fused-ring (bicyclic) bond motifs is 2. The molecule has 2 saturated heterocycles. The van der Waals surface area contributed by atoms with Gasteiger partial charge in [-0.25, -0.2) is 9.97 Å². The Kier molecular flexibility index (Phi) is 19.2. The molecule has 89 heavy (non-hydrogen) atoms. The second-order valence-electron chi connectivity index (χ2n) is 23.4. The second kappa shape index (κ2) is 27.7. The van der Waals surface area contributed by atoms with E-state index in [0.29, 0.717) is 47.5 Å². The van der Waals surface area contributed by atoms with Crippen molar-refractivity contribution in [3.05, 3.63) is 177 Å². The molecule has 2 aliphatic carbocycles. The minimum Gasteiger partial charge on any atom is -0.508 e. The molecule has 0 bridgehead atoms. The molecule has 6 aromatic carbocycles. The molecule has 0 spiro atoms. The number of carbonyl (C=O) groups excluding carboxylic acids is 4. The summed E-state index contributed by atoms with van der Waals surface area (Å²) in [6.07, 6.45) is 15.1. The Balaban J connectivity index is 0.000000143. The number of thiophene rings is 2. The molecule has 2 saturated carbocycles. The van der Waals surface area contributed by atoms with E-state index < -0.39 is 0 Å². The van der Waals surface area contributed by atoms with Crippen LogP contribution in [0.1, 0.15) is 146 Å². The van der Waals surface area contributed by atoms with E-state index in [4.69, 9.17) is 49.5 Å². The molecule has 10 aromatic rings. The first-order chi connectivity index (χ1) is 43.3. The number of phenols is 1. The van der Waals surface area contributed by atoms with Gasteiger partial charge in [0.15, 0.2) is 11.6 Å². The summed E-state index contributed by atoms with van der Waals surface area (Å²) in [5.74, 6) is 3.86. The Morgan fingerprint density at radius 1 is 0.528 bits per heavy atom. The fourth-order valence-electron chi connectivity index (χ4n) is 12.7. The van der Waals surface area contributed by atoms with Crippen LogP contribution in [0.15, 0.2) is 146 Å². The van der Waals surface area contributed by atoms with Gasteiger partial charge in [-0.1, -0.05) is 98.1 Å². The van der Waals surface area contributed by atoms with E-state index in [1.165, 1.54) is 38.5 Å². The third kappa shape index (κ3) is 13.8. The molecule has 4 aliphatic rings. The number of carbonyl (C=O) groups is 4. The number of hydrogen-bond donors (Lipinski definition) is 1. The van der Waals surface area contributed by atoms with Crippen LogP contribution in [0.25, 0.3) is 65.7 Å². The average Bonchev–Trinajstić information content (AvgIpc) is 1.71. The van der Waals surface area contributed by atoms with Crippen molar-refractivity contribution < 1.29 is 29.0 Å². The van der Waals surface area contributed by atoms with Crippen LogP contribution < -0.4 is 14.5 Å². The lowest BCUT2D eigenvalue weighted by atomic mass is 9.95. The first kappa shape index (κ1) is 61.6. The van der Waals surface area contributed by atoms with E-state index in [0.717, 1.165) is 155 Å². The first-order valence-electron chi connectivity index (χ1n) is 30.8. The van der Waals surface area contributed by atoms with E-state index >= 15 is 0 Å². The number of anilines is 2. The number of imidazole rings is 2. The zero-order chi connectivity index (χ0) is 61.7. The molecule has 4 fully saturated rings. The van der Waals surface area contributed by atoms with Crippen molar-refractivity contribution in [2.45, 2.75) is 128 Å². The lowest BCUT2D eigenvalue weighted by molar-refractivity contribution is -0.117. The second-order valence-corrected chi connectivity index (χ2v) is 26.6. The van der Waals surface area contributed by atoms with E-state index in [1.807, 2.05) is 119 Å². The number of ether oxygens (including phenoxy) is 1. The van der Waals surface area contributed by atoms with Crippen molar-refractivity contribution in [3.63, 3.8) is 0 Å². The smallest absolute Gasteiger partial charge is 0.227 e. The average molecular weight is 1280 g/mol. The number of Topliss-reactive ketones (excluding diaryl/α,β-unsaturated/α-hetero) is 2. The summed E-state index contributed by atoms with van der Waals surface area (Å²) >= 11 is 21.3. The Morgan fingerprint density at radius 3 is 1.36 bits per heavy atom. The topological polar surface area (TPSA) is 140 Å². The van der Waals surface area contributed by atoms with E-state index in [1.54, 1.807) is 48.7 Å². The highest BCUT2D eigenvalue weighted by Gasteiger charge is 2.28. The predicted molar refractivity (Wildman–Crippen MR) is 363 cm³/mol. The molecule has 14 rings (SSSR count). The van der Waals surface area contributed by atoms with Crippen LogP contribution >= 0.6 is 57.5 Å². The van der Waals surface area contributed by atoms with Gasteiger partial charge < -0.3 is 28.8 Å². The lowest BCUT2D eigenvalue weighted by Crippen LogP contribution is -2.23. The van der Waals surface area contributed by atoms with Crippen LogP contribution in [0, 0.1) is 0 Å². The number of aromatic hydroxyl groups is 1. The highest BCUT2D eigenvalue weighted by molar-refractivity contribution is 7.20. The largest absolute Gasteiger partial charge is 0.508 e. The molecule has 0 radical (unpaired) electrons. The third-order valence-corrected chi connectivity index (χ3v) is 20.6. The fraction of sp³-hybridized carbons (Fsp3) is 0.306. The Labute approximate surface area is 541 Å². The summed E-state index contributed by atoms with van der Waals surface area (Å²) in [5.41, 5.74) is 12.0. The number of alkyl halides is 1. The van der Waals surface area contributed by atoms with Gasteiger partial charge in [0, 0.05) is 76.4 Å². The number of rotatable bonds is 14. The molecule has 6 heterocycles. The summed E-state index contributed by atoms with van der Waals surface area (Å²) in [5, 5.41) is 11.0. The Morgan fingerprint density at radius 2 is 0.944 bits per heavy atom. The molecule has 12 nitrogen and oxygen atoms in total.